The molecule has 2 heterocycles. The summed E-state index contributed by atoms with van der Waals surface area (Å²) in [6.45, 7) is 1.91. The van der Waals surface area contributed by atoms with Gasteiger partial charge in [-0.2, -0.15) is 4.98 Å². The zero-order chi connectivity index (χ0) is 11.5. The highest BCUT2D eigenvalue weighted by Crippen LogP contribution is 2.32. The van der Waals surface area contributed by atoms with E-state index in [0.29, 0.717) is 22.0 Å². The molecule has 0 radical (unpaired) electrons. The molecule has 0 saturated heterocycles. The van der Waals surface area contributed by atoms with Crippen LogP contribution in [0.5, 0.6) is 10.9 Å². The third-order valence-corrected chi connectivity index (χ3v) is 3.62. The Bertz CT molecular complexity index is 484. The number of aromatic nitrogens is 2. The monoisotopic (exact) mass is 274 g/mol. The molecular formula is C10H8Cl2N2OS. The smallest absolute Gasteiger partial charge is 0.280 e. The van der Waals surface area contributed by atoms with Crippen molar-refractivity contribution in [2.24, 2.45) is 0 Å². The van der Waals surface area contributed by atoms with Crippen molar-refractivity contribution in [1.29, 1.82) is 0 Å². The third kappa shape index (κ3) is 2.64. The molecule has 0 saturated carbocycles. The van der Waals surface area contributed by atoms with Crippen LogP contribution in [0, 0.1) is 6.92 Å². The number of aryl methyl sites for hydroxylation is 1. The summed E-state index contributed by atoms with van der Waals surface area (Å²) < 4.78 is 5.50. The van der Waals surface area contributed by atoms with Gasteiger partial charge in [-0.3, -0.25) is 4.98 Å². The van der Waals surface area contributed by atoms with E-state index in [-0.39, 0.29) is 0 Å². The van der Waals surface area contributed by atoms with Gasteiger partial charge in [-0.1, -0.05) is 22.9 Å². The number of pyridine rings is 1. The van der Waals surface area contributed by atoms with Gasteiger partial charge in [0.25, 0.3) is 5.19 Å². The minimum atomic E-state index is 0.339. The highest BCUT2D eigenvalue weighted by atomic mass is 35.5. The topological polar surface area (TPSA) is 35.0 Å². The first-order chi connectivity index (χ1) is 7.69. The average Bonchev–Trinajstić information content (AvgIpc) is 2.62. The van der Waals surface area contributed by atoms with Gasteiger partial charge in [0.05, 0.1) is 17.0 Å². The average molecular weight is 275 g/mol. The number of hydrogen-bond acceptors (Lipinski definition) is 4. The first-order valence-corrected chi connectivity index (χ1v) is 6.23. The van der Waals surface area contributed by atoms with Gasteiger partial charge in [-0.25, -0.2) is 0 Å². The lowest BCUT2D eigenvalue weighted by Gasteiger charge is -2.00. The van der Waals surface area contributed by atoms with E-state index in [1.54, 1.807) is 6.20 Å². The highest BCUT2D eigenvalue weighted by molar-refractivity contribution is 7.14. The summed E-state index contributed by atoms with van der Waals surface area (Å²) in [5.41, 5.74) is 0.936. The SMILES string of the molecule is Cc1ccc(Oc2nc(Cl)c(CCl)s2)cn1. The molecule has 0 aliphatic rings. The van der Waals surface area contributed by atoms with E-state index < -0.39 is 0 Å². The van der Waals surface area contributed by atoms with Crippen LogP contribution in [0.4, 0.5) is 0 Å². The maximum atomic E-state index is 5.86. The number of rotatable bonds is 3. The van der Waals surface area contributed by atoms with E-state index >= 15 is 0 Å². The Kier molecular flexibility index (Phi) is 3.63. The molecular weight excluding hydrogens is 267 g/mol. The summed E-state index contributed by atoms with van der Waals surface area (Å²) in [7, 11) is 0. The van der Waals surface area contributed by atoms with Crippen LogP contribution in [0.15, 0.2) is 18.3 Å². The molecule has 2 aromatic rings. The van der Waals surface area contributed by atoms with E-state index in [0.717, 1.165) is 10.6 Å². The Morgan fingerprint density at radius 3 is 2.81 bits per heavy atom. The Morgan fingerprint density at radius 1 is 1.44 bits per heavy atom. The number of nitrogens with zero attached hydrogens (tertiary/aromatic N) is 2. The summed E-state index contributed by atoms with van der Waals surface area (Å²) >= 11 is 12.9. The van der Waals surface area contributed by atoms with Crippen molar-refractivity contribution < 1.29 is 4.74 Å². The molecule has 0 N–H and O–H groups in total. The van der Waals surface area contributed by atoms with Gasteiger partial charge >= 0.3 is 0 Å². The van der Waals surface area contributed by atoms with Crippen molar-refractivity contribution >= 4 is 34.5 Å². The Labute approximate surface area is 107 Å². The first kappa shape index (κ1) is 11.6. The van der Waals surface area contributed by atoms with Gasteiger partial charge in [0, 0.05) is 5.69 Å². The summed E-state index contributed by atoms with van der Waals surface area (Å²) in [5, 5.41) is 0.876. The second-order valence-electron chi connectivity index (χ2n) is 3.06. The van der Waals surface area contributed by atoms with Crippen molar-refractivity contribution in [3.8, 4) is 10.9 Å². The Balaban J connectivity index is 2.17. The summed E-state index contributed by atoms with van der Waals surface area (Å²) in [6.07, 6.45) is 1.64. The van der Waals surface area contributed by atoms with Crippen LogP contribution in [-0.2, 0) is 5.88 Å². The van der Waals surface area contributed by atoms with Gasteiger partial charge in [-0.15, -0.1) is 11.6 Å². The number of ether oxygens (including phenoxy) is 1. The van der Waals surface area contributed by atoms with Gasteiger partial charge in [0.15, 0.2) is 0 Å². The fraction of sp³-hybridized carbons (Fsp3) is 0.200. The molecule has 0 amide bonds. The fourth-order valence-corrected chi connectivity index (χ4v) is 2.39. The quantitative estimate of drug-likeness (QED) is 0.793. The van der Waals surface area contributed by atoms with Crippen molar-refractivity contribution in [2.75, 3.05) is 0 Å². The van der Waals surface area contributed by atoms with E-state index in [1.165, 1.54) is 11.3 Å². The molecule has 3 nitrogen and oxygen atoms in total. The van der Waals surface area contributed by atoms with Crippen molar-refractivity contribution in [1.82, 2.24) is 9.97 Å². The predicted molar refractivity (Wildman–Crippen MR) is 65.7 cm³/mol. The van der Waals surface area contributed by atoms with E-state index in [2.05, 4.69) is 9.97 Å². The molecule has 2 rings (SSSR count). The second kappa shape index (κ2) is 4.99. The highest BCUT2D eigenvalue weighted by Gasteiger charge is 2.09. The lowest BCUT2D eigenvalue weighted by molar-refractivity contribution is 0.476. The molecule has 0 fully saturated rings. The van der Waals surface area contributed by atoms with Crippen molar-refractivity contribution in [2.45, 2.75) is 12.8 Å². The number of thiazole rings is 1. The lowest BCUT2D eigenvalue weighted by atomic mass is 10.4. The van der Waals surface area contributed by atoms with Crippen LogP contribution in [0.25, 0.3) is 0 Å². The summed E-state index contributed by atoms with van der Waals surface area (Å²) in [5.74, 6) is 0.976. The molecule has 84 valence electrons. The number of alkyl halides is 1. The van der Waals surface area contributed by atoms with Crippen molar-refractivity contribution in [3.63, 3.8) is 0 Å². The largest absolute Gasteiger partial charge is 0.429 e. The maximum Gasteiger partial charge on any atom is 0.280 e. The second-order valence-corrected chi connectivity index (χ2v) is 4.74. The predicted octanol–water partition coefficient (Wildman–Crippen LogP) is 4.03. The molecule has 0 aliphatic heterocycles. The summed E-state index contributed by atoms with van der Waals surface area (Å²) in [4.78, 5) is 8.97. The third-order valence-electron chi connectivity index (χ3n) is 1.84. The molecule has 0 spiro atoms. The van der Waals surface area contributed by atoms with Gasteiger partial charge in [-0.05, 0) is 19.1 Å². The van der Waals surface area contributed by atoms with E-state index in [1.807, 2.05) is 19.1 Å². The molecule has 16 heavy (non-hydrogen) atoms. The van der Waals surface area contributed by atoms with Crippen LogP contribution in [-0.4, -0.2) is 9.97 Å². The minimum absolute atomic E-state index is 0.339. The molecule has 0 bridgehead atoms. The molecule has 0 unspecified atom stereocenters. The molecule has 2 aromatic heterocycles. The van der Waals surface area contributed by atoms with Crippen LogP contribution in [0.2, 0.25) is 5.15 Å². The fourth-order valence-electron chi connectivity index (χ4n) is 1.05. The van der Waals surface area contributed by atoms with Crippen LogP contribution < -0.4 is 4.74 Å². The van der Waals surface area contributed by atoms with Gasteiger partial charge in [0.2, 0.25) is 0 Å². The Hall–Kier alpha value is -0.840. The van der Waals surface area contributed by atoms with Gasteiger partial charge < -0.3 is 4.74 Å². The zero-order valence-corrected chi connectivity index (χ0v) is 10.7. The normalized spacial score (nSPS) is 10.4. The van der Waals surface area contributed by atoms with Crippen LogP contribution in [0.1, 0.15) is 10.6 Å². The molecule has 0 atom stereocenters. The molecule has 0 aromatic carbocycles. The lowest BCUT2D eigenvalue weighted by Crippen LogP contribution is -1.85. The number of halogens is 2. The van der Waals surface area contributed by atoms with E-state index in [4.69, 9.17) is 27.9 Å². The van der Waals surface area contributed by atoms with Crippen molar-refractivity contribution in [3.05, 3.63) is 34.1 Å². The van der Waals surface area contributed by atoms with Crippen LogP contribution in [0.3, 0.4) is 0 Å². The van der Waals surface area contributed by atoms with Gasteiger partial charge in [0.1, 0.15) is 10.9 Å². The van der Waals surface area contributed by atoms with E-state index in [9.17, 15) is 0 Å². The summed E-state index contributed by atoms with van der Waals surface area (Å²) in [6, 6.07) is 3.70. The first-order valence-electron chi connectivity index (χ1n) is 4.50. The van der Waals surface area contributed by atoms with Crippen LogP contribution >= 0.6 is 34.5 Å². The standard InChI is InChI=1S/C10H8Cl2N2OS/c1-6-2-3-7(5-13-6)15-10-14-9(12)8(4-11)16-10/h2-3,5H,4H2,1H3. The zero-order valence-electron chi connectivity index (χ0n) is 8.41. The molecule has 0 aliphatic carbocycles. The Morgan fingerprint density at radius 2 is 2.25 bits per heavy atom. The minimum Gasteiger partial charge on any atom is -0.429 e. The molecule has 6 heteroatoms. The maximum absolute atomic E-state index is 5.86. The number of hydrogen-bond donors (Lipinski definition) is 0.